The van der Waals surface area contributed by atoms with E-state index in [2.05, 4.69) is 58.2 Å². The number of benzene rings is 1. The smallest absolute Gasteiger partial charge is 0.188 e. The Balaban J connectivity index is 1.54. The highest BCUT2D eigenvalue weighted by atomic mass is 15.2. The molecule has 2 saturated heterocycles. The summed E-state index contributed by atoms with van der Waals surface area (Å²) in [6.45, 7) is 10.7. The van der Waals surface area contributed by atoms with Gasteiger partial charge in [0.2, 0.25) is 0 Å². The van der Waals surface area contributed by atoms with E-state index in [9.17, 15) is 0 Å². The predicted octanol–water partition coefficient (Wildman–Crippen LogP) is 2.95. The molecule has 2 aliphatic rings. The maximum absolute atomic E-state index is 6.15. The number of guanidine groups is 1. The van der Waals surface area contributed by atoms with Gasteiger partial charge in [-0.25, -0.2) is 4.99 Å². The van der Waals surface area contributed by atoms with Crippen molar-refractivity contribution in [1.29, 1.82) is 0 Å². The van der Waals surface area contributed by atoms with E-state index < -0.39 is 0 Å². The minimum Gasteiger partial charge on any atom is -0.370 e. The fourth-order valence-electron chi connectivity index (χ4n) is 4.47. The molecule has 3 N–H and O–H groups in total. The zero-order chi connectivity index (χ0) is 19.1. The van der Waals surface area contributed by atoms with Crippen molar-refractivity contribution >= 4 is 5.96 Å². The molecule has 5 nitrogen and oxygen atoms in total. The van der Waals surface area contributed by atoms with Gasteiger partial charge in [-0.2, -0.15) is 0 Å². The third-order valence-corrected chi connectivity index (χ3v) is 6.28. The fourth-order valence-corrected chi connectivity index (χ4v) is 4.47. The van der Waals surface area contributed by atoms with E-state index in [-0.39, 0.29) is 0 Å². The van der Waals surface area contributed by atoms with Gasteiger partial charge in [0.05, 0.1) is 6.54 Å². The van der Waals surface area contributed by atoms with E-state index in [4.69, 9.17) is 5.73 Å². The number of rotatable bonds is 7. The second-order valence-corrected chi connectivity index (χ2v) is 8.09. The molecule has 5 heteroatoms. The molecule has 0 amide bonds. The highest BCUT2D eigenvalue weighted by molar-refractivity contribution is 5.77. The van der Waals surface area contributed by atoms with E-state index in [0.29, 0.717) is 24.6 Å². The SMILES string of the molecule is CCN1CCCC1CNC(N)=NCc1ccccc1CN1CCCCC1C. The van der Waals surface area contributed by atoms with Crippen molar-refractivity contribution in [3.05, 3.63) is 35.4 Å². The topological polar surface area (TPSA) is 56.9 Å². The molecule has 3 rings (SSSR count). The van der Waals surface area contributed by atoms with Crippen LogP contribution in [-0.4, -0.2) is 54.0 Å². The van der Waals surface area contributed by atoms with Gasteiger partial charge in [0.15, 0.2) is 5.96 Å². The summed E-state index contributed by atoms with van der Waals surface area (Å²) in [5.41, 5.74) is 8.83. The largest absolute Gasteiger partial charge is 0.370 e. The van der Waals surface area contributed by atoms with Gasteiger partial charge in [0, 0.05) is 25.2 Å². The van der Waals surface area contributed by atoms with Gasteiger partial charge in [-0.05, 0) is 63.4 Å². The third kappa shape index (κ3) is 5.69. The van der Waals surface area contributed by atoms with Gasteiger partial charge < -0.3 is 11.1 Å². The first kappa shape index (κ1) is 20.2. The number of aliphatic imine (C=N–C) groups is 1. The molecule has 2 unspecified atom stereocenters. The lowest BCUT2D eigenvalue weighted by atomic mass is 10.0. The molecular weight excluding hydrogens is 334 g/mol. The van der Waals surface area contributed by atoms with Gasteiger partial charge in [-0.1, -0.05) is 37.6 Å². The van der Waals surface area contributed by atoms with Crippen molar-refractivity contribution in [2.75, 3.05) is 26.2 Å². The molecule has 150 valence electrons. The van der Waals surface area contributed by atoms with Crippen LogP contribution in [0.3, 0.4) is 0 Å². The van der Waals surface area contributed by atoms with Gasteiger partial charge in [0.1, 0.15) is 0 Å². The number of likely N-dealkylation sites (N-methyl/N-ethyl adjacent to an activating group) is 1. The van der Waals surface area contributed by atoms with Crippen LogP contribution in [0.15, 0.2) is 29.3 Å². The van der Waals surface area contributed by atoms with Crippen LogP contribution in [0.1, 0.15) is 57.1 Å². The average Bonchev–Trinajstić information content (AvgIpc) is 3.15. The molecule has 0 radical (unpaired) electrons. The Kier molecular flexibility index (Phi) is 7.53. The number of likely N-dealkylation sites (tertiary alicyclic amines) is 2. The summed E-state index contributed by atoms with van der Waals surface area (Å²) in [4.78, 5) is 9.75. The maximum atomic E-state index is 6.15. The lowest BCUT2D eigenvalue weighted by Gasteiger charge is -2.33. The van der Waals surface area contributed by atoms with Gasteiger partial charge >= 0.3 is 0 Å². The molecule has 1 aromatic rings. The quantitative estimate of drug-likeness (QED) is 0.571. The molecule has 0 aromatic heterocycles. The molecule has 2 fully saturated rings. The molecule has 0 saturated carbocycles. The van der Waals surface area contributed by atoms with E-state index in [1.807, 2.05) is 0 Å². The van der Waals surface area contributed by atoms with Crippen molar-refractivity contribution in [1.82, 2.24) is 15.1 Å². The van der Waals surface area contributed by atoms with Crippen LogP contribution in [-0.2, 0) is 13.1 Å². The standard InChI is InChI=1S/C22H37N5/c1-3-26-14-8-12-21(26)16-25-22(23)24-15-19-10-4-5-11-20(19)17-27-13-7-6-9-18(27)2/h4-5,10-11,18,21H,3,6-9,12-17H2,1-2H3,(H3,23,24,25). The highest BCUT2D eigenvalue weighted by Crippen LogP contribution is 2.21. The second kappa shape index (κ2) is 10.1. The number of nitrogens with zero attached hydrogens (tertiary/aromatic N) is 3. The molecule has 0 spiro atoms. The monoisotopic (exact) mass is 371 g/mol. The van der Waals surface area contributed by atoms with Crippen LogP contribution in [0.25, 0.3) is 0 Å². The van der Waals surface area contributed by atoms with E-state index >= 15 is 0 Å². The average molecular weight is 372 g/mol. The van der Waals surface area contributed by atoms with Crippen LogP contribution >= 0.6 is 0 Å². The molecule has 2 aliphatic heterocycles. The Hall–Kier alpha value is -1.59. The molecule has 27 heavy (non-hydrogen) atoms. The van der Waals surface area contributed by atoms with Crippen LogP contribution in [0.4, 0.5) is 0 Å². The Morgan fingerprint density at radius 3 is 2.67 bits per heavy atom. The zero-order valence-corrected chi connectivity index (χ0v) is 17.2. The zero-order valence-electron chi connectivity index (χ0n) is 17.2. The molecule has 2 heterocycles. The van der Waals surface area contributed by atoms with Crippen molar-refractivity contribution in [3.8, 4) is 0 Å². The Labute approximate surface area is 165 Å². The van der Waals surface area contributed by atoms with Crippen LogP contribution < -0.4 is 11.1 Å². The number of hydrogen-bond donors (Lipinski definition) is 2. The number of hydrogen-bond acceptors (Lipinski definition) is 3. The Morgan fingerprint density at radius 2 is 1.89 bits per heavy atom. The van der Waals surface area contributed by atoms with Crippen LogP contribution in [0.2, 0.25) is 0 Å². The van der Waals surface area contributed by atoms with Gasteiger partial charge in [0.25, 0.3) is 0 Å². The maximum Gasteiger partial charge on any atom is 0.188 e. The summed E-state index contributed by atoms with van der Waals surface area (Å²) in [6.07, 6.45) is 6.54. The molecule has 2 atom stereocenters. The third-order valence-electron chi connectivity index (χ3n) is 6.28. The predicted molar refractivity (Wildman–Crippen MR) is 114 cm³/mol. The molecule has 0 aliphatic carbocycles. The number of piperidine rings is 1. The first-order valence-corrected chi connectivity index (χ1v) is 10.8. The molecule has 1 aromatic carbocycles. The van der Waals surface area contributed by atoms with Crippen LogP contribution in [0, 0.1) is 0 Å². The van der Waals surface area contributed by atoms with Crippen molar-refractivity contribution in [2.24, 2.45) is 10.7 Å². The second-order valence-electron chi connectivity index (χ2n) is 8.09. The summed E-state index contributed by atoms with van der Waals surface area (Å²) in [6, 6.07) is 9.95. The minimum atomic E-state index is 0.569. The number of nitrogens with one attached hydrogen (secondary N) is 1. The summed E-state index contributed by atoms with van der Waals surface area (Å²) in [7, 11) is 0. The summed E-state index contributed by atoms with van der Waals surface area (Å²) in [5.74, 6) is 0.569. The van der Waals surface area contributed by atoms with Gasteiger partial charge in [-0.15, -0.1) is 0 Å². The van der Waals surface area contributed by atoms with Crippen molar-refractivity contribution in [3.63, 3.8) is 0 Å². The van der Waals surface area contributed by atoms with Crippen LogP contribution in [0.5, 0.6) is 0 Å². The lowest BCUT2D eigenvalue weighted by Crippen LogP contribution is -2.42. The summed E-state index contributed by atoms with van der Waals surface area (Å²) >= 11 is 0. The minimum absolute atomic E-state index is 0.569. The fraction of sp³-hybridized carbons (Fsp3) is 0.682. The summed E-state index contributed by atoms with van der Waals surface area (Å²) < 4.78 is 0. The van der Waals surface area contributed by atoms with E-state index in [1.54, 1.807) is 0 Å². The lowest BCUT2D eigenvalue weighted by molar-refractivity contribution is 0.152. The van der Waals surface area contributed by atoms with Gasteiger partial charge in [-0.3, -0.25) is 9.80 Å². The normalized spacial score (nSPS) is 25.0. The Morgan fingerprint density at radius 1 is 1.11 bits per heavy atom. The van der Waals surface area contributed by atoms with Crippen molar-refractivity contribution in [2.45, 2.75) is 71.1 Å². The molecular formula is C22H37N5. The van der Waals surface area contributed by atoms with Crippen molar-refractivity contribution < 1.29 is 0 Å². The summed E-state index contributed by atoms with van der Waals surface area (Å²) in [5, 5.41) is 3.34. The first-order chi connectivity index (χ1) is 13.2. The Bertz CT molecular complexity index is 614. The van der Waals surface area contributed by atoms with E-state index in [1.165, 1.54) is 56.3 Å². The highest BCUT2D eigenvalue weighted by Gasteiger charge is 2.22. The van der Waals surface area contributed by atoms with E-state index in [0.717, 1.165) is 19.6 Å². The first-order valence-electron chi connectivity index (χ1n) is 10.8. The molecule has 0 bridgehead atoms. The number of nitrogens with two attached hydrogens (primary N) is 1.